The minimum Gasteiger partial charge on any atom is -0.0688 e. The average Bonchev–Trinajstić information content (AvgIpc) is 2.22. The highest BCUT2D eigenvalue weighted by Crippen LogP contribution is 2.37. The van der Waals surface area contributed by atoms with Crippen LogP contribution in [0.15, 0.2) is 0 Å². The van der Waals surface area contributed by atoms with Gasteiger partial charge in [-0.1, -0.05) is 83.9 Å². The summed E-state index contributed by atoms with van der Waals surface area (Å²) in [6, 6.07) is 0. The summed E-state index contributed by atoms with van der Waals surface area (Å²) in [6.45, 7) is 7.13. The predicted molar refractivity (Wildman–Crippen MR) is 78.7 cm³/mol. The van der Waals surface area contributed by atoms with Crippen molar-refractivity contribution < 1.29 is 0 Å². The molecule has 1 saturated carbocycles. The summed E-state index contributed by atoms with van der Waals surface area (Å²) in [5, 5.41) is 0.101. The third-order valence-electron chi connectivity index (χ3n) is 4.45. The van der Waals surface area contributed by atoms with Gasteiger partial charge in [0, 0.05) is 0 Å². The fourth-order valence-electron chi connectivity index (χ4n) is 3.05. The predicted octanol–water partition coefficient (Wildman–Crippen LogP) is 5.66. The third-order valence-corrected chi connectivity index (χ3v) is 4.45. The molecule has 0 bridgehead atoms. The molecule has 0 heterocycles. The van der Waals surface area contributed by atoms with Crippen molar-refractivity contribution in [2.45, 2.75) is 96.7 Å². The summed E-state index contributed by atoms with van der Waals surface area (Å²) < 4.78 is 0. The molecular formula is C16H31B. The van der Waals surface area contributed by atoms with Crippen LogP contribution >= 0.6 is 0 Å². The third kappa shape index (κ3) is 7.16. The Morgan fingerprint density at radius 2 is 0.941 bits per heavy atom. The van der Waals surface area contributed by atoms with Crippen LogP contribution in [0.5, 0.6) is 0 Å². The zero-order valence-corrected chi connectivity index (χ0v) is 12.4. The van der Waals surface area contributed by atoms with Gasteiger partial charge in [-0.3, -0.25) is 0 Å². The highest BCUT2D eigenvalue weighted by molar-refractivity contribution is 6.14. The second kappa shape index (κ2) is 6.85. The zero-order chi connectivity index (χ0) is 12.8. The number of hydrogen-bond acceptors (Lipinski definition) is 0. The highest BCUT2D eigenvalue weighted by Gasteiger charge is 2.19. The van der Waals surface area contributed by atoms with Crippen LogP contribution in [0.2, 0.25) is 5.31 Å². The summed E-state index contributed by atoms with van der Waals surface area (Å²) in [5.41, 5.74) is 0.570. The van der Waals surface area contributed by atoms with E-state index in [0.717, 1.165) is 0 Å². The fourth-order valence-corrected chi connectivity index (χ4v) is 3.05. The quantitative estimate of drug-likeness (QED) is 0.474. The molecule has 0 saturated heterocycles. The monoisotopic (exact) mass is 234 g/mol. The van der Waals surface area contributed by atoms with Crippen molar-refractivity contribution in [1.82, 2.24) is 0 Å². The van der Waals surface area contributed by atoms with Gasteiger partial charge in [-0.25, -0.2) is 0 Å². The molecule has 1 unspecified atom stereocenters. The van der Waals surface area contributed by atoms with Crippen LogP contribution in [0.1, 0.15) is 91.4 Å². The van der Waals surface area contributed by atoms with E-state index in [4.69, 9.17) is 7.85 Å². The summed E-state index contributed by atoms with van der Waals surface area (Å²) >= 11 is 0. The number of hydrogen-bond donors (Lipinski definition) is 0. The Bertz CT molecular complexity index is 184. The molecule has 1 fully saturated rings. The van der Waals surface area contributed by atoms with Crippen LogP contribution in [-0.4, -0.2) is 7.85 Å². The van der Waals surface area contributed by atoms with Gasteiger partial charge >= 0.3 is 0 Å². The zero-order valence-electron chi connectivity index (χ0n) is 12.4. The van der Waals surface area contributed by atoms with E-state index in [9.17, 15) is 0 Å². The molecule has 0 nitrogen and oxygen atoms in total. The van der Waals surface area contributed by atoms with Gasteiger partial charge in [-0.15, -0.1) is 0 Å². The molecule has 0 aromatic heterocycles. The Labute approximate surface area is 110 Å². The maximum Gasteiger partial charge on any atom is 0.0742 e. The van der Waals surface area contributed by atoms with E-state index in [0.29, 0.717) is 5.41 Å². The molecule has 2 radical (unpaired) electrons. The van der Waals surface area contributed by atoms with Crippen LogP contribution in [0.3, 0.4) is 0 Å². The smallest absolute Gasteiger partial charge is 0.0688 e. The molecule has 1 aliphatic rings. The standard InChI is InChI=1S/C16H31B/c1-15(2)11-7-4-5-9-13-16(3,17)14-10-6-8-12-15/h4-14H2,1-3H3. The van der Waals surface area contributed by atoms with E-state index in [1.165, 1.54) is 70.6 Å². The largest absolute Gasteiger partial charge is 0.0742 e. The lowest BCUT2D eigenvalue weighted by Crippen LogP contribution is -2.11. The molecule has 0 N–H and O–H groups in total. The van der Waals surface area contributed by atoms with Crippen molar-refractivity contribution in [3.05, 3.63) is 0 Å². The molecule has 1 rings (SSSR count). The Balaban J connectivity index is 2.40. The van der Waals surface area contributed by atoms with Crippen LogP contribution in [0, 0.1) is 5.41 Å². The highest BCUT2D eigenvalue weighted by atomic mass is 14.2. The summed E-state index contributed by atoms with van der Waals surface area (Å²) in [5.74, 6) is 0. The van der Waals surface area contributed by atoms with Crippen LogP contribution in [0.25, 0.3) is 0 Å². The van der Waals surface area contributed by atoms with E-state index < -0.39 is 0 Å². The first-order valence-corrected chi connectivity index (χ1v) is 7.70. The fraction of sp³-hybridized carbons (Fsp3) is 1.00. The second-order valence-corrected chi connectivity index (χ2v) is 7.29. The Hall–Kier alpha value is 0.0649. The minimum absolute atomic E-state index is 0.101. The molecule has 98 valence electrons. The lowest BCUT2D eigenvalue weighted by atomic mass is 9.64. The van der Waals surface area contributed by atoms with Crippen molar-refractivity contribution in [2.75, 3.05) is 0 Å². The summed E-state index contributed by atoms with van der Waals surface area (Å²) in [6.07, 6.45) is 14.8. The maximum atomic E-state index is 6.35. The van der Waals surface area contributed by atoms with Gasteiger partial charge in [0.05, 0.1) is 7.85 Å². The van der Waals surface area contributed by atoms with E-state index >= 15 is 0 Å². The van der Waals surface area contributed by atoms with Gasteiger partial charge in [0.2, 0.25) is 0 Å². The molecule has 0 aromatic rings. The van der Waals surface area contributed by atoms with Gasteiger partial charge in [0.25, 0.3) is 0 Å². The Morgan fingerprint density at radius 3 is 1.41 bits per heavy atom. The van der Waals surface area contributed by atoms with E-state index in [1.807, 2.05) is 0 Å². The molecule has 1 atom stereocenters. The van der Waals surface area contributed by atoms with E-state index in [-0.39, 0.29) is 5.31 Å². The molecule has 0 amide bonds. The summed E-state index contributed by atoms with van der Waals surface area (Å²) in [7, 11) is 6.35. The van der Waals surface area contributed by atoms with Crippen molar-refractivity contribution >= 4 is 7.85 Å². The molecule has 0 aliphatic heterocycles. The first kappa shape index (κ1) is 15.1. The lowest BCUT2D eigenvalue weighted by molar-refractivity contribution is 0.283. The molecule has 17 heavy (non-hydrogen) atoms. The average molecular weight is 234 g/mol. The molecule has 0 aromatic carbocycles. The Kier molecular flexibility index (Phi) is 6.10. The molecule has 1 aliphatic carbocycles. The van der Waals surface area contributed by atoms with Crippen molar-refractivity contribution in [1.29, 1.82) is 0 Å². The van der Waals surface area contributed by atoms with E-state index in [2.05, 4.69) is 20.8 Å². The van der Waals surface area contributed by atoms with Crippen molar-refractivity contribution in [3.8, 4) is 0 Å². The van der Waals surface area contributed by atoms with Gasteiger partial charge in [0.1, 0.15) is 0 Å². The summed E-state index contributed by atoms with van der Waals surface area (Å²) in [4.78, 5) is 0. The normalized spacial score (nSPS) is 33.1. The molecular weight excluding hydrogens is 203 g/mol. The number of rotatable bonds is 0. The first-order chi connectivity index (χ1) is 7.91. The van der Waals surface area contributed by atoms with Crippen molar-refractivity contribution in [3.63, 3.8) is 0 Å². The van der Waals surface area contributed by atoms with Gasteiger partial charge in [-0.05, 0) is 18.3 Å². The van der Waals surface area contributed by atoms with Gasteiger partial charge < -0.3 is 0 Å². The topological polar surface area (TPSA) is 0 Å². The van der Waals surface area contributed by atoms with Crippen LogP contribution < -0.4 is 0 Å². The SMILES string of the molecule is [B]C1(C)CCCCCCC(C)(C)CCCCC1. The van der Waals surface area contributed by atoms with E-state index in [1.54, 1.807) is 0 Å². The van der Waals surface area contributed by atoms with Gasteiger partial charge in [-0.2, -0.15) is 0 Å². The maximum absolute atomic E-state index is 6.35. The first-order valence-electron chi connectivity index (χ1n) is 7.70. The minimum atomic E-state index is 0.101. The van der Waals surface area contributed by atoms with Gasteiger partial charge in [0.15, 0.2) is 0 Å². The van der Waals surface area contributed by atoms with Crippen molar-refractivity contribution in [2.24, 2.45) is 5.41 Å². The molecule has 0 spiro atoms. The lowest BCUT2D eigenvalue weighted by Gasteiger charge is -2.25. The van der Waals surface area contributed by atoms with Crippen LogP contribution in [-0.2, 0) is 0 Å². The van der Waals surface area contributed by atoms with Crippen LogP contribution in [0.4, 0.5) is 0 Å². The second-order valence-electron chi connectivity index (χ2n) is 7.29. The Morgan fingerprint density at radius 1 is 0.588 bits per heavy atom. The molecule has 1 heteroatoms.